The first-order valence-electron chi connectivity index (χ1n) is 7.22. The maximum atomic E-state index is 11.9. The van der Waals surface area contributed by atoms with Gasteiger partial charge >= 0.3 is 5.97 Å². The summed E-state index contributed by atoms with van der Waals surface area (Å²) in [4.78, 5) is 22.7. The summed E-state index contributed by atoms with van der Waals surface area (Å²) in [6, 6.07) is 0. The van der Waals surface area contributed by atoms with Crippen LogP contribution in [0.3, 0.4) is 0 Å². The average Bonchev–Trinajstić information content (AvgIpc) is 2.93. The van der Waals surface area contributed by atoms with E-state index in [2.05, 4.69) is 5.32 Å². The van der Waals surface area contributed by atoms with E-state index in [9.17, 15) is 18.0 Å². The van der Waals surface area contributed by atoms with E-state index in [1.54, 1.807) is 6.92 Å². The fourth-order valence-corrected chi connectivity index (χ4v) is 3.31. The molecule has 1 saturated carbocycles. The van der Waals surface area contributed by atoms with Crippen LogP contribution in [0.1, 0.15) is 32.6 Å². The van der Waals surface area contributed by atoms with E-state index in [1.165, 1.54) is 11.4 Å². The Bertz CT molecular complexity index is 477. The van der Waals surface area contributed by atoms with Gasteiger partial charge in [-0.1, -0.05) is 0 Å². The number of rotatable bonds is 8. The van der Waals surface area contributed by atoms with Crippen LogP contribution in [0.15, 0.2) is 0 Å². The van der Waals surface area contributed by atoms with Crippen molar-refractivity contribution in [1.82, 2.24) is 9.62 Å². The van der Waals surface area contributed by atoms with Crippen LogP contribution >= 0.6 is 0 Å². The van der Waals surface area contributed by atoms with E-state index in [0.29, 0.717) is 38.8 Å². The van der Waals surface area contributed by atoms with Crippen LogP contribution in [0.25, 0.3) is 0 Å². The molecule has 0 bridgehead atoms. The summed E-state index contributed by atoms with van der Waals surface area (Å²) in [7, 11) is -1.65. The van der Waals surface area contributed by atoms with Crippen molar-refractivity contribution in [1.29, 1.82) is 0 Å². The minimum absolute atomic E-state index is 0.0640. The third-order valence-electron chi connectivity index (χ3n) is 3.94. The van der Waals surface area contributed by atoms with Crippen molar-refractivity contribution in [3.8, 4) is 0 Å². The van der Waals surface area contributed by atoms with Gasteiger partial charge in [0.2, 0.25) is 15.9 Å². The second-order valence-electron chi connectivity index (χ2n) is 5.41. The highest BCUT2D eigenvalue weighted by Crippen LogP contribution is 2.30. The lowest BCUT2D eigenvalue weighted by molar-refractivity contribution is -0.141. The van der Waals surface area contributed by atoms with E-state index in [4.69, 9.17) is 5.11 Å². The molecular weight excluding hydrogens is 296 g/mol. The van der Waals surface area contributed by atoms with Crippen LogP contribution in [-0.2, 0) is 19.6 Å². The van der Waals surface area contributed by atoms with Gasteiger partial charge in [-0.2, -0.15) is 0 Å². The zero-order chi connectivity index (χ0) is 16.0. The number of hydrogen-bond acceptors (Lipinski definition) is 4. The lowest BCUT2D eigenvalue weighted by Gasteiger charge is -2.16. The van der Waals surface area contributed by atoms with Crippen LogP contribution in [0.2, 0.25) is 0 Å². The van der Waals surface area contributed by atoms with Gasteiger partial charge in [-0.05, 0) is 32.6 Å². The Balaban J connectivity index is 2.25. The summed E-state index contributed by atoms with van der Waals surface area (Å²) in [5.74, 6) is -1.55. The number of carboxylic acid groups (broad SMARTS) is 1. The monoisotopic (exact) mass is 320 g/mol. The molecule has 2 atom stereocenters. The molecule has 8 heteroatoms. The summed E-state index contributed by atoms with van der Waals surface area (Å²) in [5, 5.41) is 11.6. The fraction of sp³-hybridized carbons (Fsp3) is 0.846. The maximum Gasteiger partial charge on any atom is 0.306 e. The first-order chi connectivity index (χ1) is 9.77. The van der Waals surface area contributed by atoms with Crippen molar-refractivity contribution in [2.45, 2.75) is 32.6 Å². The van der Waals surface area contributed by atoms with E-state index in [0.717, 1.165) is 0 Å². The smallest absolute Gasteiger partial charge is 0.306 e. The molecule has 0 aromatic rings. The number of sulfonamides is 1. The van der Waals surface area contributed by atoms with Crippen molar-refractivity contribution in [3.63, 3.8) is 0 Å². The molecule has 0 aliphatic heterocycles. The van der Waals surface area contributed by atoms with Crippen LogP contribution in [0.5, 0.6) is 0 Å². The summed E-state index contributed by atoms with van der Waals surface area (Å²) in [6.45, 7) is 2.35. The van der Waals surface area contributed by atoms with Gasteiger partial charge in [-0.25, -0.2) is 12.7 Å². The molecular formula is C13H24N2O5S. The number of carbonyl (C=O) groups excluding carboxylic acids is 1. The average molecular weight is 320 g/mol. The van der Waals surface area contributed by atoms with Crippen molar-refractivity contribution in [2.75, 3.05) is 25.9 Å². The Hall–Kier alpha value is -1.15. The van der Waals surface area contributed by atoms with Crippen LogP contribution < -0.4 is 5.32 Å². The van der Waals surface area contributed by atoms with Gasteiger partial charge in [-0.15, -0.1) is 0 Å². The third-order valence-corrected chi connectivity index (χ3v) is 5.80. The number of carboxylic acids is 1. The highest BCUT2D eigenvalue weighted by atomic mass is 32.2. The Labute approximate surface area is 125 Å². The molecule has 0 saturated heterocycles. The van der Waals surface area contributed by atoms with Crippen LogP contribution in [0, 0.1) is 11.8 Å². The summed E-state index contributed by atoms with van der Waals surface area (Å²) >= 11 is 0. The summed E-state index contributed by atoms with van der Waals surface area (Å²) in [5.41, 5.74) is 0. The Morgan fingerprint density at radius 2 is 1.90 bits per heavy atom. The molecule has 1 fully saturated rings. The topological polar surface area (TPSA) is 104 Å². The molecule has 21 heavy (non-hydrogen) atoms. The number of aliphatic carboxylic acids is 1. The SMILES string of the molecule is CCS(=O)(=O)N(C)CCCNC(=O)[C@@H]1CC[C@H](C(=O)O)C1. The van der Waals surface area contributed by atoms with Crippen molar-refractivity contribution in [3.05, 3.63) is 0 Å². The van der Waals surface area contributed by atoms with Crippen LogP contribution in [0.4, 0.5) is 0 Å². The molecule has 1 aliphatic carbocycles. The molecule has 1 amide bonds. The molecule has 0 unspecified atom stereocenters. The molecule has 122 valence electrons. The number of carbonyl (C=O) groups is 2. The summed E-state index contributed by atoms with van der Waals surface area (Å²) < 4.78 is 24.3. The van der Waals surface area contributed by atoms with Gasteiger partial charge in [0.25, 0.3) is 0 Å². The Morgan fingerprint density at radius 3 is 2.43 bits per heavy atom. The summed E-state index contributed by atoms with van der Waals surface area (Å²) in [6.07, 6.45) is 2.08. The lowest BCUT2D eigenvalue weighted by Crippen LogP contribution is -2.34. The minimum atomic E-state index is -3.18. The molecule has 2 N–H and O–H groups in total. The van der Waals surface area contributed by atoms with Crippen molar-refractivity contribution < 1.29 is 23.1 Å². The second kappa shape index (κ2) is 7.74. The largest absolute Gasteiger partial charge is 0.481 e. The highest BCUT2D eigenvalue weighted by molar-refractivity contribution is 7.89. The zero-order valence-electron chi connectivity index (χ0n) is 12.5. The molecule has 7 nitrogen and oxygen atoms in total. The Morgan fingerprint density at radius 1 is 1.29 bits per heavy atom. The first-order valence-corrected chi connectivity index (χ1v) is 8.83. The van der Waals surface area contributed by atoms with E-state index >= 15 is 0 Å². The zero-order valence-corrected chi connectivity index (χ0v) is 13.4. The van der Waals surface area contributed by atoms with Crippen LogP contribution in [-0.4, -0.2) is 55.6 Å². The van der Waals surface area contributed by atoms with E-state index in [1.807, 2.05) is 0 Å². The number of nitrogens with zero attached hydrogens (tertiary/aromatic N) is 1. The Kier molecular flexibility index (Phi) is 6.60. The fourth-order valence-electron chi connectivity index (χ4n) is 2.46. The lowest BCUT2D eigenvalue weighted by atomic mass is 10.0. The van der Waals surface area contributed by atoms with Crippen molar-refractivity contribution >= 4 is 21.9 Å². The number of amides is 1. The third kappa shape index (κ3) is 5.28. The van der Waals surface area contributed by atoms with Gasteiger partial charge in [-0.3, -0.25) is 9.59 Å². The molecule has 0 radical (unpaired) electrons. The van der Waals surface area contributed by atoms with Gasteiger partial charge in [0.05, 0.1) is 11.7 Å². The standard InChI is InChI=1S/C13H24N2O5S/c1-3-21(19,20)15(2)8-4-7-14-12(16)10-5-6-11(9-10)13(17)18/h10-11H,3-9H2,1-2H3,(H,14,16)(H,17,18)/t10-,11+/m1/s1. The molecule has 0 aromatic heterocycles. The normalized spacial score (nSPS) is 22.4. The highest BCUT2D eigenvalue weighted by Gasteiger charge is 2.33. The molecule has 0 spiro atoms. The molecule has 1 rings (SSSR count). The maximum absolute atomic E-state index is 11.9. The molecule has 1 aliphatic rings. The minimum Gasteiger partial charge on any atom is -0.481 e. The molecule has 0 heterocycles. The first kappa shape index (κ1) is 17.9. The number of nitrogens with one attached hydrogen (secondary N) is 1. The van der Waals surface area contributed by atoms with Gasteiger partial charge in [0, 0.05) is 26.1 Å². The van der Waals surface area contributed by atoms with Gasteiger partial charge in [0.1, 0.15) is 0 Å². The van der Waals surface area contributed by atoms with Gasteiger partial charge < -0.3 is 10.4 Å². The number of hydrogen-bond donors (Lipinski definition) is 2. The second-order valence-corrected chi connectivity index (χ2v) is 7.78. The predicted octanol–water partition coefficient (Wildman–Crippen LogP) is 0.275. The van der Waals surface area contributed by atoms with E-state index in [-0.39, 0.29) is 17.6 Å². The quantitative estimate of drug-likeness (QED) is 0.625. The van der Waals surface area contributed by atoms with Gasteiger partial charge in [0.15, 0.2) is 0 Å². The van der Waals surface area contributed by atoms with Crippen molar-refractivity contribution in [2.24, 2.45) is 11.8 Å². The predicted molar refractivity (Wildman–Crippen MR) is 78.2 cm³/mol. The molecule has 0 aromatic carbocycles. The van der Waals surface area contributed by atoms with E-state index < -0.39 is 21.9 Å².